The third kappa shape index (κ3) is 10.9. The highest BCUT2D eigenvalue weighted by atomic mass is 35.5. The number of aromatic nitrogens is 4. The number of hydrogen-bond donors (Lipinski definition) is 1. The Bertz CT molecular complexity index is 2690. The van der Waals surface area contributed by atoms with Crippen LogP contribution in [0.15, 0.2) is 42.9 Å². The molecular formula is C52H60Cl2N6O9S. The predicted molar refractivity (Wildman–Crippen MR) is 268 cm³/mol. The van der Waals surface area contributed by atoms with Gasteiger partial charge in [0.2, 0.25) is 12.0 Å². The monoisotopic (exact) mass is 1010 g/mol. The van der Waals surface area contributed by atoms with E-state index >= 15 is 0 Å². The Kier molecular flexibility index (Phi) is 15.4. The van der Waals surface area contributed by atoms with Crippen LogP contribution in [-0.4, -0.2) is 138 Å². The number of thiophene rings is 1. The van der Waals surface area contributed by atoms with Crippen molar-refractivity contribution in [2.75, 3.05) is 72.8 Å². The summed E-state index contributed by atoms with van der Waals surface area (Å²) in [5.41, 5.74) is 5.63. The summed E-state index contributed by atoms with van der Waals surface area (Å²) in [6.07, 6.45) is 10.2. The summed E-state index contributed by atoms with van der Waals surface area (Å²) in [6, 6.07) is 7.30. The molecule has 2 unspecified atom stereocenters. The Morgan fingerprint density at radius 1 is 0.943 bits per heavy atom. The zero-order chi connectivity index (χ0) is 48.3. The van der Waals surface area contributed by atoms with Gasteiger partial charge in [-0.1, -0.05) is 29.3 Å². The van der Waals surface area contributed by atoms with Crippen LogP contribution in [0.4, 0.5) is 0 Å². The van der Waals surface area contributed by atoms with Crippen LogP contribution in [0.3, 0.4) is 0 Å². The number of aliphatic carboxylic acids is 1. The maximum absolute atomic E-state index is 13.4. The van der Waals surface area contributed by atoms with Gasteiger partial charge in [0.1, 0.15) is 53.9 Å². The fraction of sp³-hybridized carbons (Fsp3) is 0.519. The van der Waals surface area contributed by atoms with E-state index in [1.165, 1.54) is 23.2 Å². The fourth-order valence-corrected chi connectivity index (χ4v) is 11.9. The van der Waals surface area contributed by atoms with Crippen LogP contribution in [0.25, 0.3) is 26.9 Å². The first-order valence-corrected chi connectivity index (χ1v) is 26.1. The first-order chi connectivity index (χ1) is 34.1. The van der Waals surface area contributed by atoms with E-state index in [0.717, 1.165) is 104 Å². The Labute approximate surface area is 422 Å². The smallest absolute Gasteiger partial charge is 0.345 e. The Balaban J connectivity index is 0.969. The van der Waals surface area contributed by atoms with E-state index in [1.807, 2.05) is 38.1 Å². The Morgan fingerprint density at radius 2 is 1.76 bits per heavy atom. The van der Waals surface area contributed by atoms with Gasteiger partial charge in [-0.15, -0.1) is 11.3 Å². The molecule has 3 atom stereocenters. The molecule has 70 heavy (non-hydrogen) atoms. The summed E-state index contributed by atoms with van der Waals surface area (Å²) < 4.78 is 44.1. The maximum atomic E-state index is 13.4. The van der Waals surface area contributed by atoms with Gasteiger partial charge in [0.15, 0.2) is 5.75 Å². The number of ether oxygens (including phenoxy) is 7. The minimum absolute atomic E-state index is 0.0132. The van der Waals surface area contributed by atoms with E-state index in [-0.39, 0.29) is 43.6 Å². The number of likely N-dealkylation sites (N-methyl/N-ethyl adjacent to an activating group) is 1. The standard InChI is InChI=1S/C52H60Cl2N6O9S/c1-30-42-31(2)46(54)47(45(30)53)68-38(24-60-18-16-59(3)17-19-60)27-66-37-12-13-40(67-25-35-14-15-55-49(58-35)33-8-10-36(11-9-33)65-28-39-26-63-20-21-64-39)34(22-37)23-41(52(61)62)69-50-44-43(42)48(32-6-4-5-7-32)70-51(44)57-29-56-50/h6,12-15,22,29,33,36,38-39,41H,4-5,7-11,16-21,23-28H2,1-3H3,(H,61,62)/t33-,36-,38?,39?,41-/m1/s1. The van der Waals surface area contributed by atoms with Crippen molar-refractivity contribution in [1.29, 1.82) is 0 Å². The number of rotatable bonds is 11. The number of carbonyl (C=O) groups is 1. The molecule has 0 spiro atoms. The van der Waals surface area contributed by atoms with Gasteiger partial charge in [0.25, 0.3) is 0 Å². The first-order valence-electron chi connectivity index (χ1n) is 24.5. The lowest BCUT2D eigenvalue weighted by Gasteiger charge is -2.35. The number of halogens is 2. The molecule has 4 aliphatic heterocycles. The second kappa shape index (κ2) is 22.0. The molecular weight excluding hydrogens is 956 g/mol. The highest BCUT2D eigenvalue weighted by molar-refractivity contribution is 7.20. The second-order valence-electron chi connectivity index (χ2n) is 19.0. The van der Waals surface area contributed by atoms with E-state index in [9.17, 15) is 9.90 Å². The Morgan fingerprint density at radius 3 is 2.50 bits per heavy atom. The van der Waals surface area contributed by atoms with Gasteiger partial charge in [-0.05, 0) is 112 Å². The van der Waals surface area contributed by atoms with Crippen LogP contribution in [0.1, 0.15) is 83.9 Å². The van der Waals surface area contributed by atoms with Gasteiger partial charge in [-0.3, -0.25) is 4.90 Å². The minimum Gasteiger partial charge on any atom is -0.490 e. The van der Waals surface area contributed by atoms with Crippen molar-refractivity contribution in [1.82, 2.24) is 29.7 Å². The zero-order valence-electron chi connectivity index (χ0n) is 39.9. The first kappa shape index (κ1) is 49.0. The molecule has 5 aromatic rings. The minimum atomic E-state index is -1.38. The molecule has 1 saturated carbocycles. The van der Waals surface area contributed by atoms with Crippen molar-refractivity contribution in [3.8, 4) is 34.3 Å². The van der Waals surface area contributed by atoms with Crippen LogP contribution in [0.5, 0.6) is 23.1 Å². The maximum Gasteiger partial charge on any atom is 0.345 e. The molecule has 11 rings (SSSR count). The van der Waals surface area contributed by atoms with Gasteiger partial charge in [0.05, 0.1) is 53.7 Å². The number of carboxylic acid groups (broad SMARTS) is 1. The van der Waals surface area contributed by atoms with Crippen molar-refractivity contribution >= 4 is 56.3 Å². The van der Waals surface area contributed by atoms with Gasteiger partial charge in [0, 0.05) is 67.3 Å². The lowest BCUT2D eigenvalue weighted by Crippen LogP contribution is -2.49. The summed E-state index contributed by atoms with van der Waals surface area (Å²) in [6.45, 7) is 10.7. The van der Waals surface area contributed by atoms with Gasteiger partial charge < -0.3 is 43.2 Å². The zero-order valence-corrected chi connectivity index (χ0v) is 42.3. The average Bonchev–Trinajstić information content (AvgIpc) is 4.06. The van der Waals surface area contributed by atoms with E-state index in [2.05, 4.69) is 32.9 Å². The molecule has 15 nitrogen and oxygen atoms in total. The third-order valence-electron chi connectivity index (χ3n) is 14.1. The Hall–Kier alpha value is -4.65. The number of allylic oxidation sites excluding steroid dienone is 2. The SMILES string of the molecule is Cc1c(Cl)c2c(Cl)c(C)c1-c1c(C3=CCCC3)sc3ncnc(c13)O[C@@H](C(=O)O)Cc1cc(ccc1OCc1ccnc([C@H]3CC[C@H](OCC4COCCO4)CC3)n1)OCC(CN1CCN(C)CC1)O2. The van der Waals surface area contributed by atoms with Crippen LogP contribution in [0, 0.1) is 13.8 Å². The van der Waals surface area contributed by atoms with Crippen molar-refractivity contribution in [2.45, 2.75) is 102 Å². The highest BCUT2D eigenvalue weighted by Crippen LogP contribution is 2.53. The molecule has 3 aromatic heterocycles. The van der Waals surface area contributed by atoms with E-state index in [1.54, 1.807) is 6.20 Å². The van der Waals surface area contributed by atoms with Crippen molar-refractivity contribution in [3.63, 3.8) is 0 Å². The van der Waals surface area contributed by atoms with Crippen molar-refractivity contribution in [3.05, 3.63) is 86.0 Å². The fourth-order valence-electron chi connectivity index (χ4n) is 10.2. The predicted octanol–water partition coefficient (Wildman–Crippen LogP) is 9.14. The van der Waals surface area contributed by atoms with Crippen molar-refractivity contribution < 1.29 is 43.1 Å². The van der Waals surface area contributed by atoms with Gasteiger partial charge >= 0.3 is 5.97 Å². The number of hydrogen-bond acceptors (Lipinski definition) is 15. The van der Waals surface area contributed by atoms with Crippen LogP contribution in [0.2, 0.25) is 10.0 Å². The second-order valence-corrected chi connectivity index (χ2v) is 20.8. The van der Waals surface area contributed by atoms with Crippen LogP contribution in [-0.2, 0) is 32.0 Å². The molecule has 4 bridgehead atoms. The van der Waals surface area contributed by atoms with Crippen LogP contribution < -0.4 is 18.9 Å². The molecule has 0 radical (unpaired) electrons. The molecule has 0 amide bonds. The molecule has 2 saturated heterocycles. The number of benzene rings is 2. The number of piperazine rings is 1. The van der Waals surface area contributed by atoms with Crippen LogP contribution >= 0.6 is 34.5 Å². The summed E-state index contributed by atoms with van der Waals surface area (Å²) in [4.78, 5) is 38.7. The number of fused-ring (bicyclic) bond motifs is 7. The molecule has 1 N–H and O–H groups in total. The molecule has 2 aromatic carbocycles. The van der Waals surface area contributed by atoms with Gasteiger partial charge in [-0.25, -0.2) is 24.7 Å². The molecule has 7 heterocycles. The quantitative estimate of drug-likeness (QED) is 0.133. The number of nitrogens with zero attached hydrogens (tertiary/aromatic N) is 6. The highest BCUT2D eigenvalue weighted by Gasteiger charge is 2.33. The topological polar surface area (TPSA) is 160 Å². The third-order valence-corrected chi connectivity index (χ3v) is 16.2. The largest absolute Gasteiger partial charge is 0.490 e. The van der Waals surface area contributed by atoms with E-state index < -0.39 is 18.2 Å². The molecule has 372 valence electrons. The lowest BCUT2D eigenvalue weighted by atomic mass is 9.86. The normalized spacial score (nSPS) is 23.6. The summed E-state index contributed by atoms with van der Waals surface area (Å²) in [5.74, 6) is 1.33. The molecule has 6 aliphatic rings. The molecule has 18 heteroatoms. The van der Waals surface area contributed by atoms with Gasteiger partial charge in [-0.2, -0.15) is 0 Å². The average molecular weight is 1020 g/mol. The van der Waals surface area contributed by atoms with E-state index in [0.29, 0.717) is 81.7 Å². The van der Waals surface area contributed by atoms with Crippen molar-refractivity contribution in [2.24, 2.45) is 0 Å². The molecule has 2 aliphatic carbocycles. The summed E-state index contributed by atoms with van der Waals surface area (Å²) in [7, 11) is 2.13. The number of carboxylic acids is 1. The summed E-state index contributed by atoms with van der Waals surface area (Å²) in [5, 5.41) is 12.3. The molecule has 3 fully saturated rings. The summed E-state index contributed by atoms with van der Waals surface area (Å²) >= 11 is 16.3. The lowest BCUT2D eigenvalue weighted by molar-refractivity contribution is -0.145. The van der Waals surface area contributed by atoms with E-state index in [4.69, 9.17) is 66.3 Å².